The molecule has 2 N–H and O–H groups in total. The predicted octanol–water partition coefficient (Wildman–Crippen LogP) is 1.96. The predicted molar refractivity (Wildman–Crippen MR) is 62.5 cm³/mol. The smallest absolute Gasteiger partial charge is 0.307 e. The van der Waals surface area contributed by atoms with Crippen LogP contribution >= 0.6 is 0 Å². The summed E-state index contributed by atoms with van der Waals surface area (Å²) in [5.74, 6) is -2.30. The van der Waals surface area contributed by atoms with Gasteiger partial charge in [0.1, 0.15) is 0 Å². The third kappa shape index (κ3) is 3.27. The van der Waals surface area contributed by atoms with Crippen molar-refractivity contribution < 1.29 is 23.5 Å². The molecule has 2 rings (SSSR count). The summed E-state index contributed by atoms with van der Waals surface area (Å²) in [6.07, 6.45) is -2.14. The van der Waals surface area contributed by atoms with E-state index in [-0.39, 0.29) is 18.0 Å². The fraction of sp³-hybridized carbons (Fsp3) is 0.385. The van der Waals surface area contributed by atoms with E-state index in [0.29, 0.717) is 12.0 Å². The average Bonchev–Trinajstić information content (AvgIpc) is 3.16. The SMILES string of the molecule is O=C(O)C1CC1C(=O)NCc1ccc(C(F)F)cc1. The molecule has 0 heterocycles. The number of aliphatic carboxylic acids is 1. The highest BCUT2D eigenvalue weighted by Gasteiger charge is 2.48. The van der Waals surface area contributed by atoms with Crippen molar-refractivity contribution in [2.75, 3.05) is 0 Å². The molecule has 2 atom stereocenters. The van der Waals surface area contributed by atoms with Crippen molar-refractivity contribution in [3.05, 3.63) is 35.4 Å². The second-order valence-electron chi connectivity index (χ2n) is 4.55. The lowest BCUT2D eigenvalue weighted by Crippen LogP contribution is -2.25. The van der Waals surface area contributed by atoms with Crippen LogP contribution in [-0.4, -0.2) is 17.0 Å². The minimum Gasteiger partial charge on any atom is -0.481 e. The minimum atomic E-state index is -2.51. The quantitative estimate of drug-likeness (QED) is 0.858. The average molecular weight is 269 g/mol. The van der Waals surface area contributed by atoms with E-state index < -0.39 is 24.2 Å². The van der Waals surface area contributed by atoms with Gasteiger partial charge in [0.15, 0.2) is 0 Å². The molecule has 0 saturated heterocycles. The van der Waals surface area contributed by atoms with Gasteiger partial charge < -0.3 is 10.4 Å². The molecule has 0 radical (unpaired) electrons. The van der Waals surface area contributed by atoms with Crippen LogP contribution in [0.25, 0.3) is 0 Å². The molecular weight excluding hydrogens is 256 g/mol. The summed E-state index contributed by atoms with van der Waals surface area (Å²) < 4.78 is 24.6. The van der Waals surface area contributed by atoms with Gasteiger partial charge in [-0.15, -0.1) is 0 Å². The zero-order chi connectivity index (χ0) is 14.0. The van der Waals surface area contributed by atoms with Crippen molar-refractivity contribution >= 4 is 11.9 Å². The van der Waals surface area contributed by atoms with Gasteiger partial charge in [0.2, 0.25) is 5.91 Å². The second-order valence-corrected chi connectivity index (χ2v) is 4.55. The summed E-state index contributed by atoms with van der Waals surface area (Å²) in [6.45, 7) is 0.213. The molecule has 1 amide bonds. The largest absolute Gasteiger partial charge is 0.481 e. The summed E-state index contributed by atoms with van der Waals surface area (Å²) in [5.41, 5.74) is 0.633. The molecule has 4 nitrogen and oxygen atoms in total. The van der Waals surface area contributed by atoms with Crippen LogP contribution in [0.3, 0.4) is 0 Å². The maximum absolute atomic E-state index is 12.3. The monoisotopic (exact) mass is 269 g/mol. The Balaban J connectivity index is 1.83. The maximum atomic E-state index is 12.3. The molecule has 0 aliphatic heterocycles. The Bertz CT molecular complexity index is 487. The Labute approximate surface area is 108 Å². The Hall–Kier alpha value is -1.98. The number of halogens is 2. The third-order valence-corrected chi connectivity index (χ3v) is 3.14. The molecular formula is C13H13F2NO3. The number of rotatable bonds is 5. The first kappa shape index (κ1) is 13.5. The number of carbonyl (C=O) groups excluding carboxylic acids is 1. The summed E-state index contributed by atoms with van der Waals surface area (Å²) in [4.78, 5) is 22.2. The van der Waals surface area contributed by atoms with Gasteiger partial charge in [-0.3, -0.25) is 9.59 Å². The van der Waals surface area contributed by atoms with Crippen molar-refractivity contribution in [2.24, 2.45) is 11.8 Å². The molecule has 1 aromatic carbocycles. The molecule has 0 spiro atoms. The van der Waals surface area contributed by atoms with Crippen LogP contribution < -0.4 is 5.32 Å². The molecule has 102 valence electrons. The van der Waals surface area contributed by atoms with Gasteiger partial charge in [0, 0.05) is 12.1 Å². The van der Waals surface area contributed by atoms with E-state index in [1.165, 1.54) is 24.3 Å². The number of hydrogen-bond donors (Lipinski definition) is 2. The molecule has 0 aromatic heterocycles. The third-order valence-electron chi connectivity index (χ3n) is 3.14. The number of carboxylic acids is 1. The zero-order valence-electron chi connectivity index (χ0n) is 9.98. The lowest BCUT2D eigenvalue weighted by Gasteiger charge is -2.06. The second kappa shape index (κ2) is 5.34. The molecule has 1 fully saturated rings. The number of benzene rings is 1. The molecule has 1 saturated carbocycles. The first-order valence-electron chi connectivity index (χ1n) is 5.86. The molecule has 1 aliphatic rings. The summed E-state index contributed by atoms with van der Waals surface area (Å²) in [7, 11) is 0. The highest BCUT2D eigenvalue weighted by Crippen LogP contribution is 2.38. The Morgan fingerprint density at radius 1 is 1.26 bits per heavy atom. The van der Waals surface area contributed by atoms with Crippen LogP contribution in [0.15, 0.2) is 24.3 Å². The van der Waals surface area contributed by atoms with Gasteiger partial charge in [0.05, 0.1) is 11.8 Å². The Morgan fingerprint density at radius 2 is 1.89 bits per heavy atom. The van der Waals surface area contributed by atoms with Gasteiger partial charge in [-0.1, -0.05) is 24.3 Å². The number of carboxylic acid groups (broad SMARTS) is 1. The Kier molecular flexibility index (Phi) is 3.78. The maximum Gasteiger partial charge on any atom is 0.307 e. The lowest BCUT2D eigenvalue weighted by molar-refractivity contribution is -0.140. The molecule has 6 heteroatoms. The van der Waals surface area contributed by atoms with Crippen LogP contribution in [0.2, 0.25) is 0 Å². The van der Waals surface area contributed by atoms with Crippen molar-refractivity contribution in [3.8, 4) is 0 Å². The normalized spacial score (nSPS) is 21.2. The van der Waals surface area contributed by atoms with E-state index in [0.717, 1.165) is 0 Å². The van der Waals surface area contributed by atoms with Crippen molar-refractivity contribution in [2.45, 2.75) is 19.4 Å². The van der Waals surface area contributed by atoms with Gasteiger partial charge in [-0.25, -0.2) is 8.78 Å². The molecule has 2 unspecified atom stereocenters. The van der Waals surface area contributed by atoms with E-state index in [1.54, 1.807) is 0 Å². The van der Waals surface area contributed by atoms with Crippen molar-refractivity contribution in [3.63, 3.8) is 0 Å². The van der Waals surface area contributed by atoms with E-state index >= 15 is 0 Å². The number of amides is 1. The first-order valence-corrected chi connectivity index (χ1v) is 5.86. The number of alkyl halides is 2. The van der Waals surface area contributed by atoms with Crippen LogP contribution in [0.4, 0.5) is 8.78 Å². The molecule has 1 aromatic rings. The fourth-order valence-corrected chi connectivity index (χ4v) is 1.86. The van der Waals surface area contributed by atoms with Crippen molar-refractivity contribution in [1.29, 1.82) is 0 Å². The lowest BCUT2D eigenvalue weighted by atomic mass is 10.1. The van der Waals surface area contributed by atoms with E-state index in [1.807, 2.05) is 0 Å². The topological polar surface area (TPSA) is 66.4 Å². The van der Waals surface area contributed by atoms with E-state index in [9.17, 15) is 18.4 Å². The molecule has 0 bridgehead atoms. The van der Waals surface area contributed by atoms with Crippen molar-refractivity contribution in [1.82, 2.24) is 5.32 Å². The highest BCUT2D eigenvalue weighted by atomic mass is 19.3. The zero-order valence-corrected chi connectivity index (χ0v) is 9.98. The van der Waals surface area contributed by atoms with Crippen LogP contribution in [0, 0.1) is 11.8 Å². The van der Waals surface area contributed by atoms with E-state index in [2.05, 4.69) is 5.32 Å². The fourth-order valence-electron chi connectivity index (χ4n) is 1.86. The van der Waals surface area contributed by atoms with Gasteiger partial charge >= 0.3 is 5.97 Å². The first-order chi connectivity index (χ1) is 8.99. The van der Waals surface area contributed by atoms with Crippen LogP contribution in [-0.2, 0) is 16.1 Å². The van der Waals surface area contributed by atoms with Gasteiger partial charge in [-0.05, 0) is 12.0 Å². The summed E-state index contributed by atoms with van der Waals surface area (Å²) >= 11 is 0. The number of nitrogens with one attached hydrogen (secondary N) is 1. The Morgan fingerprint density at radius 3 is 2.37 bits per heavy atom. The summed E-state index contributed by atoms with van der Waals surface area (Å²) in [6, 6.07) is 5.65. The standard InChI is InChI=1S/C13H13F2NO3/c14-11(15)8-3-1-7(2-4-8)6-16-12(17)9-5-10(9)13(18)19/h1-4,9-11H,5-6H2,(H,16,17)(H,18,19). The highest BCUT2D eigenvalue weighted by molar-refractivity contribution is 5.89. The van der Waals surface area contributed by atoms with Gasteiger partial charge in [0.25, 0.3) is 6.43 Å². The number of hydrogen-bond acceptors (Lipinski definition) is 2. The van der Waals surface area contributed by atoms with Gasteiger partial charge in [-0.2, -0.15) is 0 Å². The minimum absolute atomic E-state index is 0.0665. The van der Waals surface area contributed by atoms with Crippen LogP contribution in [0.1, 0.15) is 24.0 Å². The summed E-state index contributed by atoms with van der Waals surface area (Å²) in [5, 5.41) is 11.3. The number of carbonyl (C=O) groups is 2. The van der Waals surface area contributed by atoms with Crippen LogP contribution in [0.5, 0.6) is 0 Å². The molecule has 1 aliphatic carbocycles. The van der Waals surface area contributed by atoms with E-state index in [4.69, 9.17) is 5.11 Å². The molecule has 19 heavy (non-hydrogen) atoms.